The molecule has 0 aliphatic rings. The lowest BCUT2D eigenvalue weighted by Gasteiger charge is -2.12. The molecule has 0 saturated heterocycles. The molecule has 0 saturated carbocycles. The zero-order valence-corrected chi connectivity index (χ0v) is 11.3. The fourth-order valence-corrected chi connectivity index (χ4v) is 2.15. The van der Waals surface area contributed by atoms with E-state index in [1.165, 1.54) is 7.11 Å². The number of carbonyl (C=O) groups excluding carboxylic acids is 1. The molecule has 4 nitrogen and oxygen atoms in total. The molecule has 0 aliphatic heterocycles. The number of nitrogens with zero attached hydrogens (tertiary/aromatic N) is 1. The molecule has 1 aromatic heterocycles. The van der Waals surface area contributed by atoms with Crippen LogP contribution in [0.5, 0.6) is 5.75 Å². The van der Waals surface area contributed by atoms with Crippen molar-refractivity contribution < 1.29 is 23.0 Å². The highest BCUT2D eigenvalue weighted by Crippen LogP contribution is 2.36. The van der Waals surface area contributed by atoms with Crippen molar-refractivity contribution in [2.75, 3.05) is 7.11 Å². The summed E-state index contributed by atoms with van der Waals surface area (Å²) in [5.74, 6) is -0.877. The van der Waals surface area contributed by atoms with Gasteiger partial charge in [-0.1, -0.05) is 12.1 Å². The number of carbonyl (C=O) groups is 1. The van der Waals surface area contributed by atoms with Crippen LogP contribution in [0.15, 0.2) is 28.7 Å². The van der Waals surface area contributed by atoms with Crippen LogP contribution in [-0.2, 0) is 4.74 Å². The van der Waals surface area contributed by atoms with Gasteiger partial charge in [0.2, 0.25) is 0 Å². The van der Waals surface area contributed by atoms with Gasteiger partial charge in [-0.05, 0) is 28.1 Å². The minimum absolute atomic E-state index is 0.0401. The summed E-state index contributed by atoms with van der Waals surface area (Å²) in [6, 6.07) is 6.50. The summed E-state index contributed by atoms with van der Waals surface area (Å²) >= 11 is 3.05. The van der Waals surface area contributed by atoms with Gasteiger partial charge >= 0.3 is 12.6 Å². The summed E-state index contributed by atoms with van der Waals surface area (Å²) in [6.07, 6.45) is 0. The van der Waals surface area contributed by atoms with Crippen molar-refractivity contribution in [1.82, 2.24) is 4.98 Å². The lowest BCUT2D eigenvalue weighted by molar-refractivity contribution is -0.0494. The number of hydrogen-bond donors (Lipinski definition) is 0. The topological polar surface area (TPSA) is 48.4 Å². The van der Waals surface area contributed by atoms with E-state index in [9.17, 15) is 13.6 Å². The number of para-hydroxylation sites is 1. The van der Waals surface area contributed by atoms with Crippen LogP contribution in [-0.4, -0.2) is 24.7 Å². The highest BCUT2D eigenvalue weighted by atomic mass is 79.9. The van der Waals surface area contributed by atoms with Crippen molar-refractivity contribution in [3.05, 3.63) is 34.4 Å². The molecule has 0 unspecified atom stereocenters. The van der Waals surface area contributed by atoms with E-state index in [-0.39, 0.29) is 15.9 Å². The van der Waals surface area contributed by atoms with E-state index >= 15 is 0 Å². The van der Waals surface area contributed by atoms with Crippen molar-refractivity contribution in [1.29, 1.82) is 0 Å². The van der Waals surface area contributed by atoms with Gasteiger partial charge in [0, 0.05) is 5.39 Å². The van der Waals surface area contributed by atoms with Crippen LogP contribution in [0.4, 0.5) is 8.78 Å². The molecule has 0 bridgehead atoms. The van der Waals surface area contributed by atoms with Crippen LogP contribution in [0, 0.1) is 0 Å². The second kappa shape index (κ2) is 5.48. The minimum atomic E-state index is -3.01. The van der Waals surface area contributed by atoms with Gasteiger partial charge in [0.15, 0.2) is 11.4 Å². The van der Waals surface area contributed by atoms with Crippen molar-refractivity contribution >= 4 is 32.8 Å². The molecule has 7 heteroatoms. The number of rotatable bonds is 3. The highest BCUT2D eigenvalue weighted by Gasteiger charge is 2.21. The molecule has 19 heavy (non-hydrogen) atoms. The summed E-state index contributed by atoms with van der Waals surface area (Å²) < 4.78 is 34.0. The van der Waals surface area contributed by atoms with Crippen molar-refractivity contribution in [2.24, 2.45) is 0 Å². The quantitative estimate of drug-likeness (QED) is 0.809. The number of pyridine rings is 1. The molecule has 0 aliphatic carbocycles. The number of alkyl halides is 2. The fraction of sp³-hybridized carbons (Fsp3) is 0.167. The van der Waals surface area contributed by atoms with Gasteiger partial charge in [-0.2, -0.15) is 8.78 Å². The van der Waals surface area contributed by atoms with Crippen molar-refractivity contribution in [3.8, 4) is 5.75 Å². The Morgan fingerprint density at radius 1 is 1.37 bits per heavy atom. The second-order valence-electron chi connectivity index (χ2n) is 3.49. The molecule has 0 spiro atoms. The zero-order chi connectivity index (χ0) is 14.0. The molecule has 2 rings (SSSR count). The highest BCUT2D eigenvalue weighted by molar-refractivity contribution is 9.10. The number of benzene rings is 1. The lowest BCUT2D eigenvalue weighted by atomic mass is 10.2. The molecule has 100 valence electrons. The number of fused-ring (bicyclic) bond motifs is 1. The molecule has 2 aromatic rings. The Hall–Kier alpha value is -1.76. The molecule has 1 heterocycles. The van der Waals surface area contributed by atoms with Crippen LogP contribution in [0.3, 0.4) is 0 Å². The Bertz CT molecular complexity index is 634. The zero-order valence-electron chi connectivity index (χ0n) is 9.69. The van der Waals surface area contributed by atoms with Crippen LogP contribution < -0.4 is 4.74 Å². The average Bonchev–Trinajstić information content (AvgIpc) is 2.40. The lowest BCUT2D eigenvalue weighted by Crippen LogP contribution is -2.10. The monoisotopic (exact) mass is 331 g/mol. The third-order valence-electron chi connectivity index (χ3n) is 2.37. The first-order valence-electron chi connectivity index (χ1n) is 5.16. The summed E-state index contributed by atoms with van der Waals surface area (Å²) in [5.41, 5.74) is 0.249. The predicted octanol–water partition coefficient (Wildman–Crippen LogP) is 3.39. The van der Waals surface area contributed by atoms with Crippen LogP contribution in [0.1, 0.15) is 10.5 Å². The van der Waals surface area contributed by atoms with Gasteiger partial charge < -0.3 is 9.47 Å². The van der Waals surface area contributed by atoms with Crippen LogP contribution in [0.25, 0.3) is 10.9 Å². The predicted molar refractivity (Wildman–Crippen MR) is 67.4 cm³/mol. The van der Waals surface area contributed by atoms with Gasteiger partial charge in [0.25, 0.3) is 0 Å². The summed E-state index contributed by atoms with van der Waals surface area (Å²) in [5, 5.41) is 0.377. The molecule has 1 aromatic carbocycles. The average molecular weight is 332 g/mol. The first-order valence-corrected chi connectivity index (χ1v) is 5.95. The molecule has 0 atom stereocenters. The maximum atomic E-state index is 12.5. The number of hydrogen-bond acceptors (Lipinski definition) is 4. The Morgan fingerprint density at radius 2 is 2.05 bits per heavy atom. The normalized spacial score (nSPS) is 10.8. The summed E-state index contributed by atoms with van der Waals surface area (Å²) in [7, 11) is 1.18. The van der Waals surface area contributed by atoms with E-state index in [4.69, 9.17) is 0 Å². The fourth-order valence-electron chi connectivity index (χ4n) is 1.59. The Labute approximate surface area is 115 Å². The van der Waals surface area contributed by atoms with Gasteiger partial charge in [-0.15, -0.1) is 0 Å². The molecular weight excluding hydrogens is 324 g/mol. The summed E-state index contributed by atoms with van der Waals surface area (Å²) in [6.45, 7) is -3.01. The Kier molecular flexibility index (Phi) is 3.94. The van der Waals surface area contributed by atoms with E-state index in [0.29, 0.717) is 10.9 Å². The van der Waals surface area contributed by atoms with Gasteiger partial charge in [0.05, 0.1) is 17.1 Å². The number of esters is 1. The number of methoxy groups -OCH3 is 1. The first-order chi connectivity index (χ1) is 9.04. The van der Waals surface area contributed by atoms with E-state index in [1.54, 1.807) is 24.3 Å². The third-order valence-corrected chi connectivity index (χ3v) is 3.11. The maximum Gasteiger partial charge on any atom is 0.387 e. The molecule has 0 fully saturated rings. The van der Waals surface area contributed by atoms with Gasteiger partial charge in [-0.25, -0.2) is 9.78 Å². The maximum absolute atomic E-state index is 12.5. The second-order valence-corrected chi connectivity index (χ2v) is 4.28. The smallest absolute Gasteiger partial charge is 0.387 e. The van der Waals surface area contributed by atoms with E-state index < -0.39 is 12.6 Å². The largest absolute Gasteiger partial charge is 0.464 e. The minimum Gasteiger partial charge on any atom is -0.464 e. The van der Waals surface area contributed by atoms with Crippen LogP contribution >= 0.6 is 15.9 Å². The SMILES string of the molecule is COC(=O)c1nc2ccccc2c(OC(F)F)c1Br. The molecule has 0 amide bonds. The third kappa shape index (κ3) is 2.65. The van der Waals surface area contributed by atoms with Crippen LogP contribution in [0.2, 0.25) is 0 Å². The molecular formula is C12H8BrF2NO3. The Balaban J connectivity index is 2.73. The molecule has 0 radical (unpaired) electrons. The Morgan fingerprint density at radius 3 is 2.68 bits per heavy atom. The van der Waals surface area contributed by atoms with E-state index in [0.717, 1.165) is 0 Å². The van der Waals surface area contributed by atoms with Gasteiger partial charge in [0.1, 0.15) is 0 Å². The number of halogens is 3. The van der Waals surface area contributed by atoms with E-state index in [2.05, 4.69) is 30.4 Å². The standard InChI is InChI=1S/C12H8BrF2NO3/c1-18-11(17)9-8(13)10(19-12(14)15)6-4-2-3-5-7(6)16-9/h2-5,12H,1H3. The van der Waals surface area contributed by atoms with Crippen molar-refractivity contribution in [2.45, 2.75) is 6.61 Å². The number of ether oxygens (including phenoxy) is 2. The summed E-state index contributed by atoms with van der Waals surface area (Å²) in [4.78, 5) is 15.6. The first kappa shape index (κ1) is 13.7. The van der Waals surface area contributed by atoms with Gasteiger partial charge in [-0.3, -0.25) is 0 Å². The number of aromatic nitrogens is 1. The van der Waals surface area contributed by atoms with E-state index in [1.807, 2.05) is 0 Å². The van der Waals surface area contributed by atoms with Crippen molar-refractivity contribution in [3.63, 3.8) is 0 Å². The molecule has 0 N–H and O–H groups in total.